The molecule has 0 N–H and O–H groups in total. The lowest BCUT2D eigenvalue weighted by Crippen LogP contribution is -2.39. The Morgan fingerprint density at radius 3 is 2.23 bits per heavy atom. The maximum atomic E-state index is 9.45. The van der Waals surface area contributed by atoms with Crippen molar-refractivity contribution in [3.05, 3.63) is 5.82 Å². The fraction of sp³-hybridized carbons (Fsp3) is 0.923. The van der Waals surface area contributed by atoms with Gasteiger partial charge < -0.3 is 4.55 Å². The molecule has 22 heavy (non-hydrogen) atoms. The van der Waals surface area contributed by atoms with Crippen molar-refractivity contribution in [2.24, 2.45) is 0 Å². The number of hydrogen-bond donors (Lipinski definition) is 0. The number of hydrogen-bond acceptors (Lipinski definition) is 6. The molecule has 1 aromatic heterocycles. The van der Waals surface area contributed by atoms with Gasteiger partial charge in [-0.05, 0) is 31.5 Å². The first-order chi connectivity index (χ1) is 10.4. The number of nitrogens with zero attached hydrogens (tertiary/aromatic N) is 4. The Kier molecular flexibility index (Phi) is 10.9. The average Bonchev–Trinajstić information content (AvgIpc) is 2.84. The van der Waals surface area contributed by atoms with E-state index >= 15 is 0 Å². The molecule has 130 valence electrons. The van der Waals surface area contributed by atoms with Crippen molar-refractivity contribution in [3.8, 4) is 0 Å². The van der Waals surface area contributed by atoms with Gasteiger partial charge in [0.1, 0.15) is 6.54 Å². The second kappa shape index (κ2) is 11.5. The minimum Gasteiger partial charge on any atom is -0.726 e. The van der Waals surface area contributed by atoms with E-state index < -0.39 is 10.4 Å². The molecule has 1 aromatic rings. The Bertz CT molecular complexity index is 502. The van der Waals surface area contributed by atoms with Crippen LogP contribution in [0.15, 0.2) is 0 Å². The van der Waals surface area contributed by atoms with Crippen LogP contribution in [0.1, 0.15) is 59.2 Å². The van der Waals surface area contributed by atoms with Crippen molar-refractivity contribution in [1.82, 2.24) is 15.1 Å². The highest BCUT2D eigenvalue weighted by molar-refractivity contribution is 7.80. The summed E-state index contributed by atoms with van der Waals surface area (Å²) in [7, 11) is -4.42. The highest BCUT2D eigenvalue weighted by Gasteiger charge is 2.16. The van der Waals surface area contributed by atoms with E-state index in [1.165, 1.54) is 26.2 Å². The van der Waals surface area contributed by atoms with E-state index in [4.69, 9.17) is 0 Å². The number of unbranched alkanes of at least 4 members (excludes halogenated alkanes) is 2. The zero-order valence-electron chi connectivity index (χ0n) is 14.0. The SMILES string of the molecule is CCCCc1nn(CCCC)n[n+]1CC.CCOS(=O)(=O)[O-]. The highest BCUT2D eigenvalue weighted by Crippen LogP contribution is 1.97. The minimum absolute atomic E-state index is 0.0914. The monoisotopic (exact) mass is 336 g/mol. The fourth-order valence-corrected chi connectivity index (χ4v) is 1.97. The molecule has 0 fully saturated rings. The van der Waals surface area contributed by atoms with Gasteiger partial charge in [-0.1, -0.05) is 26.7 Å². The van der Waals surface area contributed by atoms with E-state index in [9.17, 15) is 13.0 Å². The first kappa shape index (κ1) is 20.9. The summed E-state index contributed by atoms with van der Waals surface area (Å²) >= 11 is 0. The highest BCUT2D eigenvalue weighted by atomic mass is 32.3. The van der Waals surface area contributed by atoms with E-state index in [0.717, 1.165) is 31.8 Å². The summed E-state index contributed by atoms with van der Waals surface area (Å²) in [6.45, 7) is 9.72. The first-order valence-electron chi connectivity index (χ1n) is 7.82. The van der Waals surface area contributed by atoms with Gasteiger partial charge in [0.25, 0.3) is 5.82 Å². The molecule has 0 aliphatic rings. The lowest BCUT2D eigenvalue weighted by atomic mass is 10.2. The van der Waals surface area contributed by atoms with Crippen molar-refractivity contribution in [3.63, 3.8) is 0 Å². The summed E-state index contributed by atoms with van der Waals surface area (Å²) in [4.78, 5) is 1.85. The molecular formula is C13H28N4O4S. The van der Waals surface area contributed by atoms with Crippen LogP contribution in [0.5, 0.6) is 0 Å². The van der Waals surface area contributed by atoms with Crippen LogP contribution in [0.25, 0.3) is 0 Å². The molecule has 0 saturated carbocycles. The molecule has 0 atom stereocenters. The molecule has 8 nitrogen and oxygen atoms in total. The minimum atomic E-state index is -4.42. The van der Waals surface area contributed by atoms with Gasteiger partial charge in [0, 0.05) is 6.42 Å². The van der Waals surface area contributed by atoms with Gasteiger partial charge in [-0.3, -0.25) is 4.18 Å². The third kappa shape index (κ3) is 9.80. The third-order valence-corrected chi connectivity index (χ3v) is 3.29. The van der Waals surface area contributed by atoms with Crippen LogP contribution in [0, 0.1) is 0 Å². The molecule has 0 radical (unpaired) electrons. The maximum absolute atomic E-state index is 9.45. The maximum Gasteiger partial charge on any atom is 0.298 e. The molecule has 1 heterocycles. The zero-order chi connectivity index (χ0) is 17.0. The van der Waals surface area contributed by atoms with Crippen LogP contribution in [-0.2, 0) is 34.1 Å². The Hall–Kier alpha value is -1.06. The second-order valence-corrected chi connectivity index (χ2v) is 5.74. The van der Waals surface area contributed by atoms with Gasteiger partial charge in [-0.15, -0.1) is 4.68 Å². The Morgan fingerprint density at radius 1 is 1.18 bits per heavy atom. The van der Waals surface area contributed by atoms with Crippen LogP contribution in [0.4, 0.5) is 0 Å². The van der Waals surface area contributed by atoms with E-state index in [1.807, 2.05) is 9.48 Å². The fourth-order valence-electron chi connectivity index (χ4n) is 1.68. The van der Waals surface area contributed by atoms with Crippen LogP contribution in [-0.4, -0.2) is 34.7 Å². The number of aryl methyl sites for hydroxylation is 3. The van der Waals surface area contributed by atoms with Crippen molar-refractivity contribution in [2.75, 3.05) is 6.61 Å². The van der Waals surface area contributed by atoms with Crippen LogP contribution < -0.4 is 4.68 Å². The van der Waals surface area contributed by atoms with Gasteiger partial charge in [-0.2, -0.15) is 0 Å². The normalized spacial score (nSPS) is 11.1. The molecule has 0 aliphatic heterocycles. The van der Waals surface area contributed by atoms with E-state index in [0.29, 0.717) is 0 Å². The summed E-state index contributed by atoms with van der Waals surface area (Å²) in [6, 6.07) is 0. The predicted octanol–water partition coefficient (Wildman–Crippen LogP) is 1.21. The van der Waals surface area contributed by atoms with Crippen LogP contribution in [0.2, 0.25) is 0 Å². The first-order valence-corrected chi connectivity index (χ1v) is 9.15. The molecule has 0 aromatic carbocycles. The summed E-state index contributed by atoms with van der Waals surface area (Å²) in [5.41, 5.74) is 0. The standard InChI is InChI=1S/C11H23N4.C2H6O4S/c1-4-7-9-11-12-15(10-8-5-2)13-14(11)6-3;1-2-6-7(3,4)5/h4-10H2,1-3H3;2H2,1H3,(H,3,4,5)/q+1;/p-1. The van der Waals surface area contributed by atoms with Gasteiger partial charge in [0.2, 0.25) is 10.4 Å². The second-order valence-electron chi connectivity index (χ2n) is 4.69. The summed E-state index contributed by atoms with van der Waals surface area (Å²) in [5.74, 6) is 1.13. The van der Waals surface area contributed by atoms with Gasteiger partial charge in [0.05, 0.1) is 23.5 Å². The lowest BCUT2D eigenvalue weighted by molar-refractivity contribution is -0.759. The summed E-state index contributed by atoms with van der Waals surface area (Å²) in [6.07, 6.45) is 5.82. The number of rotatable bonds is 9. The average molecular weight is 336 g/mol. The largest absolute Gasteiger partial charge is 0.726 e. The van der Waals surface area contributed by atoms with Gasteiger partial charge in [-0.25, -0.2) is 8.42 Å². The van der Waals surface area contributed by atoms with Crippen molar-refractivity contribution in [2.45, 2.75) is 72.9 Å². The Balaban J connectivity index is 0.000000534. The van der Waals surface area contributed by atoms with Crippen molar-refractivity contribution >= 4 is 10.4 Å². The third-order valence-electron chi connectivity index (χ3n) is 2.77. The van der Waals surface area contributed by atoms with Crippen molar-refractivity contribution < 1.29 is 21.8 Å². The molecule has 0 amide bonds. The molecule has 0 aliphatic carbocycles. The molecule has 0 spiro atoms. The number of aromatic nitrogens is 4. The van der Waals surface area contributed by atoms with E-state index in [2.05, 4.69) is 35.3 Å². The topological polar surface area (TPSA) is 101 Å². The zero-order valence-corrected chi connectivity index (χ0v) is 14.8. The number of tetrazole rings is 1. The molecule has 1 rings (SSSR count). The van der Waals surface area contributed by atoms with Gasteiger partial charge in [0.15, 0.2) is 0 Å². The quantitative estimate of drug-likeness (QED) is 0.382. The Labute approximate surface area is 133 Å². The molecule has 0 bridgehead atoms. The molecule has 0 saturated heterocycles. The summed E-state index contributed by atoms with van der Waals surface area (Å²) in [5, 5.41) is 8.97. The summed E-state index contributed by atoms with van der Waals surface area (Å²) < 4.78 is 34.0. The van der Waals surface area contributed by atoms with Crippen LogP contribution >= 0.6 is 0 Å². The molecule has 0 unspecified atom stereocenters. The van der Waals surface area contributed by atoms with E-state index in [-0.39, 0.29) is 6.61 Å². The predicted molar refractivity (Wildman–Crippen MR) is 80.7 cm³/mol. The van der Waals surface area contributed by atoms with Gasteiger partial charge >= 0.3 is 0 Å². The van der Waals surface area contributed by atoms with E-state index in [1.54, 1.807) is 0 Å². The molecule has 9 heteroatoms. The van der Waals surface area contributed by atoms with Crippen LogP contribution in [0.3, 0.4) is 0 Å². The Morgan fingerprint density at radius 2 is 1.82 bits per heavy atom. The lowest BCUT2D eigenvalue weighted by Gasteiger charge is -2.02. The smallest absolute Gasteiger partial charge is 0.298 e. The molecular weight excluding hydrogens is 308 g/mol. The van der Waals surface area contributed by atoms with Crippen molar-refractivity contribution in [1.29, 1.82) is 0 Å².